The molecule has 7 heteroatoms. The van der Waals surface area contributed by atoms with Crippen molar-refractivity contribution in [1.29, 1.82) is 0 Å². The van der Waals surface area contributed by atoms with Gasteiger partial charge in [-0.3, -0.25) is 0 Å². The van der Waals surface area contributed by atoms with E-state index in [4.69, 9.17) is 5.11 Å². The van der Waals surface area contributed by atoms with E-state index in [-0.39, 0.29) is 5.69 Å². The number of carbonyl (C=O) groups is 1. The lowest BCUT2D eigenvalue weighted by atomic mass is 9.86. The molecule has 0 bridgehead atoms. The Labute approximate surface area is 113 Å². The number of carboxylic acid groups (broad SMARTS) is 1. The van der Waals surface area contributed by atoms with Crippen molar-refractivity contribution in [3.8, 4) is 0 Å². The summed E-state index contributed by atoms with van der Waals surface area (Å²) >= 11 is 0. The molecule has 3 nitrogen and oxygen atoms in total. The van der Waals surface area contributed by atoms with Crippen LogP contribution in [0.1, 0.15) is 26.3 Å². The fraction of sp³-hybridized carbons (Fsp3) is 0.462. The van der Waals surface area contributed by atoms with Crippen LogP contribution < -0.4 is 5.32 Å². The molecule has 1 rings (SSSR count). The molecule has 112 valence electrons. The molecule has 0 unspecified atom stereocenters. The molecule has 1 atom stereocenters. The maximum absolute atomic E-state index is 13.2. The van der Waals surface area contributed by atoms with Crippen molar-refractivity contribution in [3.05, 3.63) is 29.6 Å². The first-order chi connectivity index (χ1) is 8.91. The van der Waals surface area contributed by atoms with E-state index < -0.39 is 35.0 Å². The number of benzene rings is 1. The van der Waals surface area contributed by atoms with Crippen molar-refractivity contribution in [2.45, 2.75) is 33.0 Å². The van der Waals surface area contributed by atoms with Gasteiger partial charge in [0, 0.05) is 5.69 Å². The van der Waals surface area contributed by atoms with E-state index >= 15 is 0 Å². The van der Waals surface area contributed by atoms with Gasteiger partial charge in [0.15, 0.2) is 0 Å². The van der Waals surface area contributed by atoms with Gasteiger partial charge in [0.2, 0.25) is 0 Å². The smallest absolute Gasteiger partial charge is 0.416 e. The number of rotatable bonds is 3. The average molecular weight is 293 g/mol. The summed E-state index contributed by atoms with van der Waals surface area (Å²) in [5.41, 5.74) is -2.14. The number of alkyl halides is 3. The second kappa shape index (κ2) is 5.30. The van der Waals surface area contributed by atoms with E-state index in [0.717, 1.165) is 6.07 Å². The van der Waals surface area contributed by atoms with Crippen LogP contribution in [0, 0.1) is 11.2 Å². The number of nitrogens with one attached hydrogen (secondary N) is 1. The van der Waals surface area contributed by atoms with E-state index in [1.54, 1.807) is 20.8 Å². The van der Waals surface area contributed by atoms with Crippen molar-refractivity contribution in [2.75, 3.05) is 5.32 Å². The average Bonchev–Trinajstić information content (AvgIpc) is 2.21. The first kappa shape index (κ1) is 16.3. The zero-order chi connectivity index (χ0) is 15.7. The van der Waals surface area contributed by atoms with Crippen LogP contribution >= 0.6 is 0 Å². The van der Waals surface area contributed by atoms with Gasteiger partial charge in [0.05, 0.1) is 5.56 Å². The van der Waals surface area contributed by atoms with Crippen molar-refractivity contribution in [1.82, 2.24) is 0 Å². The molecule has 1 aromatic carbocycles. The van der Waals surface area contributed by atoms with Crippen LogP contribution in [0.4, 0.5) is 23.2 Å². The highest BCUT2D eigenvalue weighted by atomic mass is 19.4. The second-order valence-corrected chi connectivity index (χ2v) is 5.51. The fourth-order valence-corrected chi connectivity index (χ4v) is 1.65. The molecule has 20 heavy (non-hydrogen) atoms. The summed E-state index contributed by atoms with van der Waals surface area (Å²) in [6, 6.07) is 0.727. The summed E-state index contributed by atoms with van der Waals surface area (Å²) < 4.78 is 50.9. The summed E-state index contributed by atoms with van der Waals surface area (Å²) in [4.78, 5) is 11.1. The van der Waals surface area contributed by atoms with Gasteiger partial charge in [-0.05, 0) is 23.6 Å². The molecule has 0 heterocycles. The number of hydrogen-bond donors (Lipinski definition) is 2. The highest BCUT2D eigenvalue weighted by Gasteiger charge is 2.34. The normalized spacial score (nSPS) is 13.9. The fourth-order valence-electron chi connectivity index (χ4n) is 1.65. The molecular weight excluding hydrogens is 278 g/mol. The quantitative estimate of drug-likeness (QED) is 0.834. The van der Waals surface area contributed by atoms with Crippen molar-refractivity contribution < 1.29 is 27.5 Å². The molecule has 0 spiro atoms. The van der Waals surface area contributed by atoms with Crippen LogP contribution in [0.3, 0.4) is 0 Å². The molecular formula is C13H15F4NO2. The maximum Gasteiger partial charge on any atom is 0.416 e. The molecule has 0 aliphatic heterocycles. The summed E-state index contributed by atoms with van der Waals surface area (Å²) in [5.74, 6) is -2.31. The lowest BCUT2D eigenvalue weighted by Crippen LogP contribution is -2.41. The Kier molecular flexibility index (Phi) is 4.31. The molecule has 2 N–H and O–H groups in total. The minimum atomic E-state index is -4.70. The van der Waals surface area contributed by atoms with Gasteiger partial charge in [-0.25, -0.2) is 9.18 Å². The molecule has 0 aromatic heterocycles. The maximum atomic E-state index is 13.2. The third-order valence-corrected chi connectivity index (χ3v) is 2.65. The van der Waals surface area contributed by atoms with Crippen LogP contribution in [0.5, 0.6) is 0 Å². The lowest BCUT2D eigenvalue weighted by Gasteiger charge is -2.28. The van der Waals surface area contributed by atoms with Crippen molar-refractivity contribution >= 4 is 11.7 Å². The summed E-state index contributed by atoms with van der Waals surface area (Å²) in [6.07, 6.45) is -4.70. The summed E-state index contributed by atoms with van der Waals surface area (Å²) in [5, 5.41) is 11.5. The Morgan fingerprint density at radius 1 is 1.20 bits per heavy atom. The van der Waals surface area contributed by atoms with E-state index in [0.29, 0.717) is 12.1 Å². The molecule has 0 radical (unpaired) electrons. The highest BCUT2D eigenvalue weighted by Crippen LogP contribution is 2.32. The zero-order valence-electron chi connectivity index (χ0n) is 11.2. The van der Waals surface area contributed by atoms with Crippen LogP contribution in [0.15, 0.2) is 18.2 Å². The minimum Gasteiger partial charge on any atom is -0.480 e. The largest absolute Gasteiger partial charge is 0.480 e. The predicted molar refractivity (Wildman–Crippen MR) is 65.9 cm³/mol. The van der Waals surface area contributed by atoms with Gasteiger partial charge in [-0.2, -0.15) is 13.2 Å². The second-order valence-electron chi connectivity index (χ2n) is 5.51. The molecule has 0 fully saturated rings. The standard InChI is InChI=1S/C13H15F4NO2/c1-12(2,3)10(11(19)20)18-9-5-7(13(15,16)17)4-8(14)6-9/h4-6,10,18H,1-3H3,(H,19,20)/t10-/m1/s1. The molecule has 0 saturated carbocycles. The molecule has 0 aliphatic rings. The number of carboxylic acids is 1. The first-order valence-corrected chi connectivity index (χ1v) is 5.78. The Hall–Kier alpha value is -1.79. The number of anilines is 1. The van der Waals surface area contributed by atoms with E-state index in [1.165, 1.54) is 0 Å². The van der Waals surface area contributed by atoms with E-state index in [2.05, 4.69) is 5.32 Å². The third kappa shape index (κ3) is 4.11. The number of hydrogen-bond acceptors (Lipinski definition) is 2. The van der Waals surface area contributed by atoms with Gasteiger partial charge in [-0.1, -0.05) is 20.8 Å². The number of halogens is 4. The lowest BCUT2D eigenvalue weighted by molar-refractivity contribution is -0.140. The Balaban J connectivity index is 3.15. The first-order valence-electron chi connectivity index (χ1n) is 5.78. The SMILES string of the molecule is CC(C)(C)[C@H](Nc1cc(F)cc(C(F)(F)F)c1)C(=O)O. The van der Waals surface area contributed by atoms with Gasteiger partial charge in [-0.15, -0.1) is 0 Å². The van der Waals surface area contributed by atoms with Crippen LogP contribution in [-0.2, 0) is 11.0 Å². The summed E-state index contributed by atoms with van der Waals surface area (Å²) in [7, 11) is 0. The zero-order valence-corrected chi connectivity index (χ0v) is 11.2. The Morgan fingerprint density at radius 2 is 1.75 bits per heavy atom. The van der Waals surface area contributed by atoms with Crippen molar-refractivity contribution in [2.24, 2.45) is 5.41 Å². The van der Waals surface area contributed by atoms with Gasteiger partial charge < -0.3 is 10.4 Å². The van der Waals surface area contributed by atoms with Crippen molar-refractivity contribution in [3.63, 3.8) is 0 Å². The van der Waals surface area contributed by atoms with Crippen LogP contribution in [0.2, 0.25) is 0 Å². The Morgan fingerprint density at radius 3 is 2.15 bits per heavy atom. The third-order valence-electron chi connectivity index (χ3n) is 2.65. The highest BCUT2D eigenvalue weighted by molar-refractivity contribution is 5.78. The van der Waals surface area contributed by atoms with E-state index in [1.807, 2.05) is 0 Å². The minimum absolute atomic E-state index is 0.223. The van der Waals surface area contributed by atoms with E-state index in [9.17, 15) is 22.4 Å². The predicted octanol–water partition coefficient (Wildman–Crippen LogP) is 3.76. The van der Waals surface area contributed by atoms with Crippen LogP contribution in [0.25, 0.3) is 0 Å². The van der Waals surface area contributed by atoms with Gasteiger partial charge >= 0.3 is 12.1 Å². The molecule has 1 aromatic rings. The van der Waals surface area contributed by atoms with Gasteiger partial charge in [0.1, 0.15) is 11.9 Å². The monoisotopic (exact) mass is 293 g/mol. The Bertz CT molecular complexity index is 506. The summed E-state index contributed by atoms with van der Waals surface area (Å²) in [6.45, 7) is 4.84. The molecule has 0 saturated heterocycles. The van der Waals surface area contributed by atoms with Crippen LogP contribution in [-0.4, -0.2) is 17.1 Å². The number of aliphatic carboxylic acids is 1. The topological polar surface area (TPSA) is 49.3 Å². The molecule has 0 aliphatic carbocycles. The van der Waals surface area contributed by atoms with Gasteiger partial charge in [0.25, 0.3) is 0 Å². The molecule has 0 amide bonds.